The maximum absolute atomic E-state index is 13.2. The Morgan fingerprint density at radius 3 is 2.50 bits per heavy atom. The van der Waals surface area contributed by atoms with Gasteiger partial charge in [0.15, 0.2) is 10.6 Å². The summed E-state index contributed by atoms with van der Waals surface area (Å²) < 4.78 is 2.21. The molecule has 0 bridgehead atoms. The molecule has 0 aliphatic carbocycles. The number of aromatic nitrogens is 3. The fraction of sp³-hybridized carbons (Fsp3) is 0.391. The molecule has 2 aromatic heterocycles. The summed E-state index contributed by atoms with van der Waals surface area (Å²) in [6.07, 6.45) is 2.28. The van der Waals surface area contributed by atoms with Gasteiger partial charge in [-0.25, -0.2) is 0 Å². The van der Waals surface area contributed by atoms with Crippen molar-refractivity contribution in [3.63, 3.8) is 0 Å². The van der Waals surface area contributed by atoms with Gasteiger partial charge in [-0.05, 0) is 49.0 Å². The van der Waals surface area contributed by atoms with Crippen molar-refractivity contribution in [3.05, 3.63) is 58.2 Å². The molecule has 2 amide bonds. The molecule has 3 heterocycles. The number of benzene rings is 1. The summed E-state index contributed by atoms with van der Waals surface area (Å²) in [5, 5.41) is 9.11. The third-order valence-electron chi connectivity index (χ3n) is 5.83. The van der Waals surface area contributed by atoms with Crippen molar-refractivity contribution in [2.24, 2.45) is 0 Å². The number of hydrogen-bond donors (Lipinski definition) is 1. The third-order valence-corrected chi connectivity index (χ3v) is 6.99. The summed E-state index contributed by atoms with van der Waals surface area (Å²) in [4.78, 5) is 30.5. The molecule has 7 nitrogen and oxygen atoms in total. The molecule has 0 saturated carbocycles. The van der Waals surface area contributed by atoms with Gasteiger partial charge in [0.1, 0.15) is 6.04 Å². The lowest BCUT2D eigenvalue weighted by Gasteiger charge is -2.36. The molecular weight excluding hydrogens is 442 g/mol. The fourth-order valence-corrected chi connectivity index (χ4v) is 5.04. The normalized spacial score (nSPS) is 15.0. The van der Waals surface area contributed by atoms with Crippen LogP contribution >= 0.6 is 23.6 Å². The minimum Gasteiger partial charge on any atom is -0.339 e. The molecule has 9 heteroatoms. The number of aryl methyl sites for hydroxylation is 1. The van der Waals surface area contributed by atoms with Crippen LogP contribution in [0, 0.1) is 4.77 Å². The summed E-state index contributed by atoms with van der Waals surface area (Å²) in [6.45, 7) is 4.06. The molecule has 0 radical (unpaired) electrons. The number of aromatic amines is 1. The Kier molecular flexibility index (Phi) is 7.16. The van der Waals surface area contributed by atoms with E-state index in [2.05, 4.69) is 22.3 Å². The van der Waals surface area contributed by atoms with Crippen LogP contribution in [0.3, 0.4) is 0 Å². The number of nitrogens with zero attached hydrogens (tertiary/aromatic N) is 4. The Labute approximate surface area is 196 Å². The summed E-state index contributed by atoms with van der Waals surface area (Å²) in [5.74, 6) is 0.840. The summed E-state index contributed by atoms with van der Waals surface area (Å²) >= 11 is 6.96. The highest BCUT2D eigenvalue weighted by molar-refractivity contribution is 7.71. The lowest BCUT2D eigenvalue weighted by Crippen LogP contribution is -2.51. The van der Waals surface area contributed by atoms with Crippen LogP contribution in [0.25, 0.3) is 10.7 Å². The number of carbonyl (C=O) groups is 2. The van der Waals surface area contributed by atoms with Crippen LogP contribution < -0.4 is 0 Å². The van der Waals surface area contributed by atoms with Gasteiger partial charge >= 0.3 is 0 Å². The fourth-order valence-electron chi connectivity index (χ4n) is 4.04. The van der Waals surface area contributed by atoms with Crippen molar-refractivity contribution in [2.75, 3.05) is 26.2 Å². The van der Waals surface area contributed by atoms with E-state index in [1.165, 1.54) is 5.56 Å². The molecule has 3 aromatic rings. The van der Waals surface area contributed by atoms with E-state index in [0.29, 0.717) is 43.2 Å². The number of thiophene rings is 1. The smallest absolute Gasteiger partial charge is 0.245 e. The van der Waals surface area contributed by atoms with E-state index < -0.39 is 6.04 Å². The first-order chi connectivity index (χ1) is 15.5. The number of rotatable bonds is 7. The summed E-state index contributed by atoms with van der Waals surface area (Å²) in [6, 6.07) is 13.7. The molecule has 1 N–H and O–H groups in total. The average Bonchev–Trinajstić information content (AvgIpc) is 3.48. The standard InChI is InChI=1S/C23H27N5O2S2/c1-17(28-21(24-25-23(28)31)19-10-6-16-32-19)22(30)27-14-12-26(13-15-27)20(29)11-5-9-18-7-3-2-4-8-18/h2-4,6-8,10,16-17H,5,9,11-15H2,1H3,(H,25,31). The Hall–Kier alpha value is -2.78. The van der Waals surface area contributed by atoms with E-state index in [1.54, 1.807) is 15.9 Å². The van der Waals surface area contributed by atoms with Crippen LogP contribution in [0.4, 0.5) is 0 Å². The molecule has 1 atom stereocenters. The third kappa shape index (κ3) is 4.99. The van der Waals surface area contributed by atoms with Crippen molar-refractivity contribution < 1.29 is 9.59 Å². The number of amides is 2. The summed E-state index contributed by atoms with van der Waals surface area (Å²) in [5.41, 5.74) is 1.25. The first kappa shape index (κ1) is 22.4. The minimum absolute atomic E-state index is 0.00326. The highest BCUT2D eigenvalue weighted by Gasteiger charge is 2.29. The predicted molar refractivity (Wildman–Crippen MR) is 128 cm³/mol. The lowest BCUT2D eigenvalue weighted by atomic mass is 10.1. The second kappa shape index (κ2) is 10.2. The number of piperazine rings is 1. The zero-order valence-electron chi connectivity index (χ0n) is 18.1. The first-order valence-corrected chi connectivity index (χ1v) is 12.1. The molecule has 168 valence electrons. The molecule has 1 aliphatic heterocycles. The maximum Gasteiger partial charge on any atom is 0.245 e. The van der Waals surface area contributed by atoms with Gasteiger partial charge in [0.2, 0.25) is 11.8 Å². The minimum atomic E-state index is -0.466. The van der Waals surface area contributed by atoms with Crippen LogP contribution in [-0.2, 0) is 16.0 Å². The van der Waals surface area contributed by atoms with Gasteiger partial charge in [0.25, 0.3) is 0 Å². The van der Waals surface area contributed by atoms with Gasteiger partial charge in [-0.15, -0.1) is 11.3 Å². The summed E-state index contributed by atoms with van der Waals surface area (Å²) in [7, 11) is 0. The number of carbonyl (C=O) groups excluding carboxylic acids is 2. The van der Waals surface area contributed by atoms with Gasteiger partial charge in [-0.1, -0.05) is 36.4 Å². The van der Waals surface area contributed by atoms with Crippen molar-refractivity contribution in [2.45, 2.75) is 32.2 Å². The second-order valence-electron chi connectivity index (χ2n) is 7.92. The molecule has 1 fully saturated rings. The molecule has 0 spiro atoms. The molecular formula is C23H27N5O2S2. The van der Waals surface area contributed by atoms with Crippen LogP contribution in [0.2, 0.25) is 0 Å². The van der Waals surface area contributed by atoms with E-state index in [0.717, 1.165) is 17.7 Å². The molecule has 1 aromatic carbocycles. The first-order valence-electron chi connectivity index (χ1n) is 10.9. The molecule has 1 unspecified atom stereocenters. The van der Waals surface area contributed by atoms with Crippen LogP contribution in [-0.4, -0.2) is 62.6 Å². The lowest BCUT2D eigenvalue weighted by molar-refractivity contribution is -0.141. The van der Waals surface area contributed by atoms with Crippen molar-refractivity contribution in [1.29, 1.82) is 0 Å². The topological polar surface area (TPSA) is 74.2 Å². The second-order valence-corrected chi connectivity index (χ2v) is 9.26. The zero-order chi connectivity index (χ0) is 22.5. The van der Waals surface area contributed by atoms with E-state index >= 15 is 0 Å². The van der Waals surface area contributed by atoms with E-state index in [-0.39, 0.29) is 11.8 Å². The molecule has 4 rings (SSSR count). The maximum atomic E-state index is 13.2. The van der Waals surface area contributed by atoms with E-state index in [4.69, 9.17) is 12.2 Å². The van der Waals surface area contributed by atoms with Crippen molar-refractivity contribution in [3.8, 4) is 10.7 Å². The van der Waals surface area contributed by atoms with Gasteiger partial charge in [-0.3, -0.25) is 19.3 Å². The largest absolute Gasteiger partial charge is 0.339 e. The quantitative estimate of drug-likeness (QED) is 0.532. The van der Waals surface area contributed by atoms with Crippen LogP contribution in [0.15, 0.2) is 47.8 Å². The molecule has 32 heavy (non-hydrogen) atoms. The highest BCUT2D eigenvalue weighted by atomic mass is 32.1. The predicted octanol–water partition coefficient (Wildman–Crippen LogP) is 3.92. The van der Waals surface area contributed by atoms with Crippen molar-refractivity contribution in [1.82, 2.24) is 24.6 Å². The van der Waals surface area contributed by atoms with Gasteiger partial charge < -0.3 is 9.80 Å². The Bertz CT molecular complexity index is 1100. The SMILES string of the molecule is CC(C(=O)N1CCN(C(=O)CCCc2ccccc2)CC1)n1c(-c2cccs2)n[nH]c1=S. The van der Waals surface area contributed by atoms with Crippen molar-refractivity contribution >= 4 is 35.4 Å². The Morgan fingerprint density at radius 1 is 1.09 bits per heavy atom. The van der Waals surface area contributed by atoms with Crippen LogP contribution in [0.1, 0.15) is 31.4 Å². The zero-order valence-corrected chi connectivity index (χ0v) is 19.7. The number of hydrogen-bond acceptors (Lipinski definition) is 5. The van der Waals surface area contributed by atoms with Crippen LogP contribution in [0.5, 0.6) is 0 Å². The number of nitrogens with one attached hydrogen (secondary N) is 1. The Balaban J connectivity index is 1.30. The molecule has 1 saturated heterocycles. The van der Waals surface area contributed by atoms with E-state index in [9.17, 15) is 9.59 Å². The average molecular weight is 470 g/mol. The molecule has 1 aliphatic rings. The number of H-pyrrole nitrogens is 1. The monoisotopic (exact) mass is 469 g/mol. The van der Waals surface area contributed by atoms with Gasteiger partial charge in [-0.2, -0.15) is 5.10 Å². The van der Waals surface area contributed by atoms with E-state index in [1.807, 2.05) is 52.4 Å². The highest BCUT2D eigenvalue weighted by Crippen LogP contribution is 2.26. The Morgan fingerprint density at radius 2 is 1.81 bits per heavy atom. The van der Waals surface area contributed by atoms with Gasteiger partial charge in [0.05, 0.1) is 4.88 Å². The van der Waals surface area contributed by atoms with Gasteiger partial charge in [0, 0.05) is 32.6 Å².